The Morgan fingerprint density at radius 1 is 1.20 bits per heavy atom. The van der Waals surface area contributed by atoms with Crippen LogP contribution in [-0.4, -0.2) is 15.6 Å². The van der Waals surface area contributed by atoms with Crippen molar-refractivity contribution in [2.45, 2.75) is 20.8 Å². The lowest BCUT2D eigenvalue weighted by atomic mass is 10.2. The molecule has 8 heteroatoms. The Labute approximate surface area is 115 Å². The molecule has 1 aromatic rings. The molecule has 0 amide bonds. The molecule has 0 saturated carbocycles. The van der Waals surface area contributed by atoms with E-state index in [2.05, 4.69) is 10.5 Å². The average Bonchev–Trinajstić information content (AvgIpc) is 2.35. The van der Waals surface area contributed by atoms with Crippen molar-refractivity contribution < 1.29 is 9.85 Å². The Balaban J connectivity index is 3.10. The van der Waals surface area contributed by atoms with Gasteiger partial charge in [0.05, 0.1) is 21.6 Å². The van der Waals surface area contributed by atoms with E-state index in [1.807, 2.05) is 13.8 Å². The van der Waals surface area contributed by atoms with Gasteiger partial charge in [-0.05, 0) is 32.9 Å². The van der Waals surface area contributed by atoms with Gasteiger partial charge < -0.3 is 0 Å². The molecule has 20 heavy (non-hydrogen) atoms. The smallest absolute Gasteiger partial charge is 0.271 e. The van der Waals surface area contributed by atoms with Crippen molar-refractivity contribution in [3.63, 3.8) is 0 Å². The summed E-state index contributed by atoms with van der Waals surface area (Å²) < 4.78 is 0. The van der Waals surface area contributed by atoms with Gasteiger partial charge in [0.2, 0.25) is 0 Å². The second kappa shape index (κ2) is 6.41. The summed E-state index contributed by atoms with van der Waals surface area (Å²) in [5, 5.41) is 25.5. The zero-order chi connectivity index (χ0) is 15.3. The summed E-state index contributed by atoms with van der Waals surface area (Å²) in [5.41, 5.74) is 3.58. The Morgan fingerprint density at radius 2 is 1.85 bits per heavy atom. The normalized spacial score (nSPS) is 10.8. The molecule has 0 heterocycles. The standard InChI is InChI=1S/C12H14N4O4/c1-8(2)6-9(3)13-14-11-5-4-10(15(17)18)7-12(11)16(19)20/h4-7,14H,1-3H3. The van der Waals surface area contributed by atoms with Crippen LogP contribution >= 0.6 is 0 Å². The van der Waals surface area contributed by atoms with E-state index < -0.39 is 15.5 Å². The molecule has 0 bridgehead atoms. The zero-order valence-corrected chi connectivity index (χ0v) is 11.3. The second-order valence-corrected chi connectivity index (χ2v) is 4.30. The molecule has 0 fully saturated rings. The monoisotopic (exact) mass is 278 g/mol. The van der Waals surface area contributed by atoms with Crippen molar-refractivity contribution in [1.82, 2.24) is 0 Å². The first-order valence-electron chi connectivity index (χ1n) is 5.69. The minimum atomic E-state index is -0.693. The minimum absolute atomic E-state index is 0.0992. The molecule has 0 aliphatic rings. The summed E-state index contributed by atoms with van der Waals surface area (Å²) >= 11 is 0. The highest BCUT2D eigenvalue weighted by Crippen LogP contribution is 2.28. The third-order valence-electron chi connectivity index (χ3n) is 2.24. The molecule has 0 unspecified atom stereocenters. The number of non-ortho nitro benzene ring substituents is 1. The number of rotatable bonds is 5. The molecule has 8 nitrogen and oxygen atoms in total. The van der Waals surface area contributed by atoms with Crippen LogP contribution in [0.1, 0.15) is 20.8 Å². The maximum atomic E-state index is 10.9. The molecule has 1 rings (SSSR count). The molecule has 0 atom stereocenters. The van der Waals surface area contributed by atoms with Crippen molar-refractivity contribution in [2.75, 3.05) is 5.43 Å². The van der Waals surface area contributed by atoms with Gasteiger partial charge in [0.25, 0.3) is 5.69 Å². The van der Waals surface area contributed by atoms with Crippen LogP contribution in [0.25, 0.3) is 0 Å². The number of hydrogen-bond donors (Lipinski definition) is 1. The van der Waals surface area contributed by atoms with E-state index in [9.17, 15) is 20.2 Å². The number of nitrogens with one attached hydrogen (secondary N) is 1. The Morgan fingerprint density at radius 3 is 2.35 bits per heavy atom. The molecule has 0 aliphatic carbocycles. The molecule has 0 radical (unpaired) electrons. The fourth-order valence-corrected chi connectivity index (χ4v) is 1.48. The predicted octanol–water partition coefficient (Wildman–Crippen LogP) is 3.26. The average molecular weight is 278 g/mol. The number of nitro groups is 2. The van der Waals surface area contributed by atoms with Crippen LogP contribution in [0.15, 0.2) is 34.9 Å². The fourth-order valence-electron chi connectivity index (χ4n) is 1.48. The number of hydrazone groups is 1. The van der Waals surface area contributed by atoms with E-state index in [1.165, 1.54) is 12.1 Å². The summed E-state index contributed by atoms with van der Waals surface area (Å²) in [5.74, 6) is 0. The van der Waals surface area contributed by atoms with E-state index >= 15 is 0 Å². The van der Waals surface area contributed by atoms with Gasteiger partial charge in [-0.2, -0.15) is 5.10 Å². The van der Waals surface area contributed by atoms with Gasteiger partial charge in [0.1, 0.15) is 5.69 Å². The first kappa shape index (κ1) is 15.3. The van der Waals surface area contributed by atoms with Gasteiger partial charge in [-0.15, -0.1) is 0 Å². The van der Waals surface area contributed by atoms with E-state index in [0.717, 1.165) is 11.6 Å². The summed E-state index contributed by atoms with van der Waals surface area (Å²) in [4.78, 5) is 20.1. The van der Waals surface area contributed by atoms with Crippen molar-refractivity contribution in [2.24, 2.45) is 5.10 Å². The van der Waals surface area contributed by atoms with Gasteiger partial charge in [0, 0.05) is 6.07 Å². The molecule has 0 spiro atoms. The molecule has 0 aliphatic heterocycles. The Kier molecular flexibility index (Phi) is 4.90. The lowest BCUT2D eigenvalue weighted by Gasteiger charge is -2.03. The van der Waals surface area contributed by atoms with Crippen molar-refractivity contribution in [3.8, 4) is 0 Å². The molecule has 1 aromatic carbocycles. The Hall–Kier alpha value is -2.77. The highest BCUT2D eigenvalue weighted by Gasteiger charge is 2.19. The number of benzene rings is 1. The van der Waals surface area contributed by atoms with E-state index in [1.54, 1.807) is 13.0 Å². The lowest BCUT2D eigenvalue weighted by Crippen LogP contribution is -2.00. The fraction of sp³-hybridized carbons (Fsp3) is 0.250. The van der Waals surface area contributed by atoms with Crippen molar-refractivity contribution in [1.29, 1.82) is 0 Å². The van der Waals surface area contributed by atoms with Crippen LogP contribution in [0.4, 0.5) is 17.1 Å². The van der Waals surface area contributed by atoms with Crippen LogP contribution in [0.5, 0.6) is 0 Å². The first-order chi connectivity index (χ1) is 9.31. The van der Waals surface area contributed by atoms with Gasteiger partial charge in [-0.3, -0.25) is 25.7 Å². The van der Waals surface area contributed by atoms with Crippen molar-refractivity contribution in [3.05, 3.63) is 50.1 Å². The molecule has 0 saturated heterocycles. The molecule has 1 N–H and O–H groups in total. The van der Waals surface area contributed by atoms with Gasteiger partial charge in [-0.1, -0.05) is 5.57 Å². The van der Waals surface area contributed by atoms with Crippen LogP contribution in [0, 0.1) is 20.2 Å². The van der Waals surface area contributed by atoms with E-state index in [-0.39, 0.29) is 11.4 Å². The third-order valence-corrected chi connectivity index (χ3v) is 2.24. The maximum absolute atomic E-state index is 10.9. The first-order valence-corrected chi connectivity index (χ1v) is 5.69. The van der Waals surface area contributed by atoms with Gasteiger partial charge in [0.15, 0.2) is 0 Å². The number of hydrogen-bond acceptors (Lipinski definition) is 6. The highest BCUT2D eigenvalue weighted by atomic mass is 16.6. The van der Waals surface area contributed by atoms with E-state index in [4.69, 9.17) is 0 Å². The van der Waals surface area contributed by atoms with Crippen LogP contribution in [0.3, 0.4) is 0 Å². The van der Waals surface area contributed by atoms with Gasteiger partial charge in [-0.25, -0.2) is 0 Å². The predicted molar refractivity (Wildman–Crippen MR) is 75.9 cm³/mol. The van der Waals surface area contributed by atoms with Crippen LogP contribution in [0.2, 0.25) is 0 Å². The summed E-state index contributed by atoms with van der Waals surface area (Å²) in [6.45, 7) is 5.53. The third kappa shape index (κ3) is 4.16. The number of nitro benzene ring substituents is 2. The van der Waals surface area contributed by atoms with Crippen LogP contribution < -0.4 is 5.43 Å². The molecular weight excluding hydrogens is 264 g/mol. The summed E-state index contributed by atoms with van der Waals surface area (Å²) in [7, 11) is 0. The van der Waals surface area contributed by atoms with Crippen molar-refractivity contribution >= 4 is 22.8 Å². The van der Waals surface area contributed by atoms with Gasteiger partial charge >= 0.3 is 5.69 Å². The maximum Gasteiger partial charge on any atom is 0.301 e. The molecular formula is C12H14N4O4. The molecule has 0 aromatic heterocycles. The number of allylic oxidation sites excluding steroid dienone is 2. The summed E-state index contributed by atoms with van der Waals surface area (Å²) in [6, 6.07) is 3.34. The topological polar surface area (TPSA) is 111 Å². The number of nitrogens with zero attached hydrogens (tertiary/aromatic N) is 3. The highest BCUT2D eigenvalue weighted by molar-refractivity contribution is 5.93. The molecule has 106 valence electrons. The quantitative estimate of drug-likeness (QED) is 0.504. The lowest BCUT2D eigenvalue weighted by molar-refractivity contribution is -0.393. The zero-order valence-electron chi connectivity index (χ0n) is 11.3. The summed E-state index contributed by atoms with van der Waals surface area (Å²) in [6.07, 6.45) is 1.80. The largest absolute Gasteiger partial charge is 0.301 e. The number of anilines is 1. The minimum Gasteiger partial charge on any atom is -0.271 e. The second-order valence-electron chi connectivity index (χ2n) is 4.30. The van der Waals surface area contributed by atoms with Crippen LogP contribution in [-0.2, 0) is 0 Å². The SMILES string of the molecule is CC(C)=CC(C)=NNc1ccc([N+](=O)[O-])cc1[N+](=O)[O-]. The van der Waals surface area contributed by atoms with E-state index in [0.29, 0.717) is 5.71 Å². The Bertz CT molecular complexity index is 603.